The predicted octanol–water partition coefficient (Wildman–Crippen LogP) is 2.08. The Balaban J connectivity index is 2.64. The van der Waals surface area contributed by atoms with E-state index in [1.807, 2.05) is 13.8 Å². The summed E-state index contributed by atoms with van der Waals surface area (Å²) in [6, 6.07) is 5.88. The van der Waals surface area contributed by atoms with E-state index in [1.54, 1.807) is 6.07 Å². The molecule has 0 aliphatic rings. The second-order valence-corrected chi connectivity index (χ2v) is 9.16. The van der Waals surface area contributed by atoms with Crippen LogP contribution in [0.2, 0.25) is 0 Å². The SMILES string of the molecule is CC(C)(C)CC(C)(C)NCC(=O)Nc1cccc(S(N)(=O)=O)c1. The summed E-state index contributed by atoms with van der Waals surface area (Å²) < 4.78 is 22.6. The summed E-state index contributed by atoms with van der Waals surface area (Å²) in [6.07, 6.45) is 0.911. The van der Waals surface area contributed by atoms with Crippen LogP contribution in [0.25, 0.3) is 0 Å². The summed E-state index contributed by atoms with van der Waals surface area (Å²) >= 11 is 0. The molecule has 0 aromatic heterocycles. The Morgan fingerprint density at radius 1 is 1.17 bits per heavy atom. The number of hydrogen-bond acceptors (Lipinski definition) is 4. The van der Waals surface area contributed by atoms with Crippen molar-refractivity contribution in [3.05, 3.63) is 24.3 Å². The van der Waals surface area contributed by atoms with Gasteiger partial charge in [0.05, 0.1) is 11.4 Å². The van der Waals surface area contributed by atoms with Crippen molar-refractivity contribution in [2.75, 3.05) is 11.9 Å². The minimum Gasteiger partial charge on any atom is -0.325 e. The van der Waals surface area contributed by atoms with Gasteiger partial charge < -0.3 is 10.6 Å². The third kappa shape index (κ3) is 7.58. The molecule has 7 heteroatoms. The summed E-state index contributed by atoms with van der Waals surface area (Å²) in [7, 11) is -3.78. The van der Waals surface area contributed by atoms with Crippen LogP contribution in [0.5, 0.6) is 0 Å². The molecular weight excluding hydrogens is 314 g/mol. The third-order valence-electron chi connectivity index (χ3n) is 3.15. The first-order chi connectivity index (χ1) is 10.3. The molecule has 0 bridgehead atoms. The van der Waals surface area contributed by atoms with E-state index in [4.69, 9.17) is 5.14 Å². The molecule has 0 radical (unpaired) electrons. The van der Waals surface area contributed by atoms with Crippen LogP contribution in [-0.2, 0) is 14.8 Å². The molecule has 0 aliphatic carbocycles. The molecule has 6 nitrogen and oxygen atoms in total. The predicted molar refractivity (Wildman–Crippen MR) is 92.6 cm³/mol. The van der Waals surface area contributed by atoms with Crippen LogP contribution in [0.15, 0.2) is 29.2 Å². The van der Waals surface area contributed by atoms with Gasteiger partial charge in [0.25, 0.3) is 0 Å². The monoisotopic (exact) mass is 341 g/mol. The lowest BCUT2D eigenvalue weighted by molar-refractivity contribution is -0.115. The van der Waals surface area contributed by atoms with Crippen molar-refractivity contribution in [1.29, 1.82) is 0 Å². The number of nitrogens with two attached hydrogens (primary N) is 1. The van der Waals surface area contributed by atoms with E-state index in [0.29, 0.717) is 5.69 Å². The molecule has 0 heterocycles. The summed E-state index contributed by atoms with van der Waals surface area (Å²) in [5, 5.41) is 11.0. The van der Waals surface area contributed by atoms with Gasteiger partial charge in [0.15, 0.2) is 0 Å². The van der Waals surface area contributed by atoms with Crippen LogP contribution in [0.1, 0.15) is 41.0 Å². The van der Waals surface area contributed by atoms with Crippen molar-refractivity contribution in [2.24, 2.45) is 10.6 Å². The summed E-state index contributed by atoms with van der Waals surface area (Å²) in [6.45, 7) is 10.7. The van der Waals surface area contributed by atoms with Crippen LogP contribution in [0.4, 0.5) is 5.69 Å². The summed E-state index contributed by atoms with van der Waals surface area (Å²) in [4.78, 5) is 12.0. The van der Waals surface area contributed by atoms with Crippen molar-refractivity contribution in [1.82, 2.24) is 5.32 Å². The van der Waals surface area contributed by atoms with Crippen LogP contribution in [0.3, 0.4) is 0 Å². The molecule has 0 spiro atoms. The highest BCUT2D eigenvalue weighted by Crippen LogP contribution is 2.26. The molecule has 0 saturated heterocycles. The third-order valence-corrected chi connectivity index (χ3v) is 4.06. The number of sulfonamides is 1. The smallest absolute Gasteiger partial charge is 0.238 e. The molecular formula is C16H27N3O3S. The number of nitrogens with one attached hydrogen (secondary N) is 2. The molecule has 0 fully saturated rings. The van der Waals surface area contributed by atoms with E-state index < -0.39 is 10.0 Å². The lowest BCUT2D eigenvalue weighted by Gasteiger charge is -2.33. The topological polar surface area (TPSA) is 101 Å². The number of hydrogen-bond donors (Lipinski definition) is 3. The van der Waals surface area contributed by atoms with Crippen molar-refractivity contribution >= 4 is 21.6 Å². The Kier molecular flexibility index (Phi) is 5.95. The zero-order valence-electron chi connectivity index (χ0n) is 14.4. The quantitative estimate of drug-likeness (QED) is 0.737. The molecule has 1 rings (SSSR count). The Morgan fingerprint density at radius 2 is 1.78 bits per heavy atom. The zero-order chi connectivity index (χ0) is 17.9. The Morgan fingerprint density at radius 3 is 2.30 bits per heavy atom. The Labute approximate surface area is 138 Å². The van der Waals surface area contributed by atoms with Crippen molar-refractivity contribution in [3.8, 4) is 0 Å². The first kappa shape index (κ1) is 19.6. The van der Waals surface area contributed by atoms with Crippen LogP contribution < -0.4 is 15.8 Å². The van der Waals surface area contributed by atoms with Gasteiger partial charge >= 0.3 is 0 Å². The average Bonchev–Trinajstić information content (AvgIpc) is 2.33. The minimum absolute atomic E-state index is 0.0312. The van der Waals surface area contributed by atoms with Crippen molar-refractivity contribution < 1.29 is 13.2 Å². The maximum Gasteiger partial charge on any atom is 0.238 e. The van der Waals surface area contributed by atoms with Crippen LogP contribution in [0, 0.1) is 5.41 Å². The first-order valence-corrected chi connectivity index (χ1v) is 9.01. The molecule has 1 aromatic rings. The molecule has 4 N–H and O–H groups in total. The van der Waals surface area contributed by atoms with Crippen LogP contribution in [-0.4, -0.2) is 26.4 Å². The number of benzene rings is 1. The van der Waals surface area contributed by atoms with E-state index in [0.717, 1.165) is 6.42 Å². The first-order valence-electron chi connectivity index (χ1n) is 7.46. The van der Waals surface area contributed by atoms with Gasteiger partial charge in [-0.1, -0.05) is 26.8 Å². The fourth-order valence-corrected chi connectivity index (χ4v) is 3.22. The van der Waals surface area contributed by atoms with Gasteiger partial charge in [0.2, 0.25) is 15.9 Å². The van der Waals surface area contributed by atoms with E-state index in [2.05, 4.69) is 31.4 Å². The van der Waals surface area contributed by atoms with Gasteiger partial charge in [0, 0.05) is 11.2 Å². The van der Waals surface area contributed by atoms with Gasteiger partial charge in [-0.15, -0.1) is 0 Å². The number of rotatable bonds is 6. The number of carbonyl (C=O) groups is 1. The molecule has 130 valence electrons. The number of anilines is 1. The molecule has 0 unspecified atom stereocenters. The van der Waals surface area contributed by atoms with Crippen LogP contribution >= 0.6 is 0 Å². The van der Waals surface area contributed by atoms with E-state index in [9.17, 15) is 13.2 Å². The highest BCUT2D eigenvalue weighted by molar-refractivity contribution is 7.89. The Hall–Kier alpha value is -1.44. The van der Waals surface area contributed by atoms with Gasteiger partial charge in [-0.3, -0.25) is 4.79 Å². The second-order valence-electron chi connectivity index (χ2n) is 7.60. The maximum absolute atomic E-state index is 12.0. The van der Waals surface area contributed by atoms with Gasteiger partial charge in [0.1, 0.15) is 0 Å². The fraction of sp³-hybridized carbons (Fsp3) is 0.562. The average molecular weight is 341 g/mol. The zero-order valence-corrected chi connectivity index (χ0v) is 15.3. The lowest BCUT2D eigenvalue weighted by atomic mass is 9.82. The molecule has 0 atom stereocenters. The molecule has 23 heavy (non-hydrogen) atoms. The fourth-order valence-electron chi connectivity index (χ4n) is 2.66. The largest absolute Gasteiger partial charge is 0.325 e. The van der Waals surface area contributed by atoms with E-state index in [-0.39, 0.29) is 28.3 Å². The molecule has 0 saturated carbocycles. The standard InChI is InChI=1S/C16H27N3O3S/c1-15(2,3)11-16(4,5)18-10-14(20)19-12-7-6-8-13(9-12)23(17,21)22/h6-9,18H,10-11H2,1-5H3,(H,19,20)(H2,17,21,22). The van der Waals surface area contributed by atoms with E-state index in [1.165, 1.54) is 18.2 Å². The lowest BCUT2D eigenvalue weighted by Crippen LogP contribution is -2.45. The summed E-state index contributed by atoms with van der Waals surface area (Å²) in [5.41, 5.74) is 0.367. The summed E-state index contributed by atoms with van der Waals surface area (Å²) in [5.74, 6) is -0.237. The molecule has 0 aliphatic heterocycles. The highest BCUT2D eigenvalue weighted by atomic mass is 32.2. The number of primary sulfonamides is 1. The maximum atomic E-state index is 12.0. The minimum atomic E-state index is -3.78. The molecule has 1 amide bonds. The highest BCUT2D eigenvalue weighted by Gasteiger charge is 2.25. The van der Waals surface area contributed by atoms with Crippen molar-refractivity contribution in [3.63, 3.8) is 0 Å². The van der Waals surface area contributed by atoms with Gasteiger partial charge in [-0.05, 0) is 43.9 Å². The van der Waals surface area contributed by atoms with Gasteiger partial charge in [-0.2, -0.15) is 0 Å². The van der Waals surface area contributed by atoms with Gasteiger partial charge in [-0.25, -0.2) is 13.6 Å². The Bertz CT molecular complexity index is 661. The number of amides is 1. The van der Waals surface area contributed by atoms with E-state index >= 15 is 0 Å². The number of carbonyl (C=O) groups excluding carboxylic acids is 1. The van der Waals surface area contributed by atoms with Crippen molar-refractivity contribution in [2.45, 2.75) is 51.5 Å². The molecule has 1 aromatic carbocycles. The second kappa shape index (κ2) is 6.98. The normalized spacial score (nSPS) is 13.0.